The molecule has 0 aromatic heterocycles. The molecular formula is C12H12F2O5. The number of halogens is 2. The summed E-state index contributed by atoms with van der Waals surface area (Å²) in [6.07, 6.45) is -5.12. The maximum absolute atomic E-state index is 12.7. The zero-order chi connectivity index (χ0) is 14.6. The lowest BCUT2D eigenvalue weighted by atomic mass is 9.97. The van der Waals surface area contributed by atoms with E-state index in [1.54, 1.807) is 0 Å². The van der Waals surface area contributed by atoms with Crippen molar-refractivity contribution in [3.63, 3.8) is 0 Å². The number of hydrogen-bond acceptors (Lipinski definition) is 3. The van der Waals surface area contributed by atoms with E-state index in [2.05, 4.69) is 0 Å². The van der Waals surface area contributed by atoms with Crippen molar-refractivity contribution in [2.75, 3.05) is 0 Å². The fraction of sp³-hybridized carbons (Fsp3) is 0.333. The van der Waals surface area contributed by atoms with Crippen LogP contribution in [0.2, 0.25) is 0 Å². The lowest BCUT2D eigenvalue weighted by molar-refractivity contribution is -0.147. The third-order valence-corrected chi connectivity index (χ3v) is 2.54. The fourth-order valence-electron chi connectivity index (χ4n) is 1.60. The number of aliphatic carboxylic acids is 2. The van der Waals surface area contributed by atoms with Crippen LogP contribution in [0, 0.1) is 0 Å². The molecule has 5 nitrogen and oxygen atoms in total. The fourth-order valence-corrected chi connectivity index (χ4v) is 1.60. The topological polar surface area (TPSA) is 94.8 Å². The van der Waals surface area contributed by atoms with Crippen molar-refractivity contribution in [1.82, 2.24) is 0 Å². The van der Waals surface area contributed by atoms with E-state index in [4.69, 9.17) is 10.2 Å². The second-order valence-electron chi connectivity index (χ2n) is 3.90. The van der Waals surface area contributed by atoms with Gasteiger partial charge in [-0.2, -0.15) is 0 Å². The normalized spacial score (nSPS) is 12.4. The predicted molar refractivity (Wildman–Crippen MR) is 60.0 cm³/mol. The Morgan fingerprint density at radius 2 is 1.79 bits per heavy atom. The molecule has 0 aliphatic carbocycles. The lowest BCUT2D eigenvalue weighted by Crippen LogP contribution is -2.13. The smallest absolute Gasteiger partial charge is 0.337 e. The Bertz CT molecular complexity index is 487. The van der Waals surface area contributed by atoms with Crippen LogP contribution in [0.4, 0.5) is 8.78 Å². The Kier molecular flexibility index (Phi) is 4.94. The number of aryl methyl sites for hydroxylation is 1. The summed E-state index contributed by atoms with van der Waals surface area (Å²) in [4.78, 5) is 21.1. The first-order valence-corrected chi connectivity index (χ1v) is 5.36. The SMILES string of the molecule is O=C(O)CCc1ccc(C(F)F)c(C(O)C(=O)O)c1. The van der Waals surface area contributed by atoms with Gasteiger partial charge in [0.2, 0.25) is 0 Å². The summed E-state index contributed by atoms with van der Waals surface area (Å²) < 4.78 is 25.4. The highest BCUT2D eigenvalue weighted by Crippen LogP contribution is 2.29. The number of carboxylic acids is 2. The van der Waals surface area contributed by atoms with E-state index >= 15 is 0 Å². The second-order valence-corrected chi connectivity index (χ2v) is 3.90. The largest absolute Gasteiger partial charge is 0.481 e. The Morgan fingerprint density at radius 3 is 2.26 bits per heavy atom. The summed E-state index contributed by atoms with van der Waals surface area (Å²) in [6, 6.07) is 3.40. The first-order chi connectivity index (χ1) is 8.82. The molecule has 0 radical (unpaired) electrons. The van der Waals surface area contributed by atoms with E-state index in [0.29, 0.717) is 5.56 Å². The van der Waals surface area contributed by atoms with Crippen LogP contribution in [0.5, 0.6) is 0 Å². The molecule has 1 aromatic carbocycles. The van der Waals surface area contributed by atoms with Crippen molar-refractivity contribution in [2.45, 2.75) is 25.4 Å². The molecular weight excluding hydrogens is 262 g/mol. The Hall–Kier alpha value is -2.02. The van der Waals surface area contributed by atoms with E-state index < -0.39 is 35.6 Å². The average molecular weight is 274 g/mol. The van der Waals surface area contributed by atoms with Crippen LogP contribution in [0.1, 0.15) is 35.6 Å². The van der Waals surface area contributed by atoms with Crippen molar-refractivity contribution in [1.29, 1.82) is 0 Å². The van der Waals surface area contributed by atoms with Gasteiger partial charge in [-0.15, -0.1) is 0 Å². The quantitative estimate of drug-likeness (QED) is 0.734. The summed E-state index contributed by atoms with van der Waals surface area (Å²) in [5.74, 6) is -2.70. The summed E-state index contributed by atoms with van der Waals surface area (Å²) >= 11 is 0. The van der Waals surface area contributed by atoms with Gasteiger partial charge in [-0.3, -0.25) is 4.79 Å². The van der Waals surface area contributed by atoms with Gasteiger partial charge >= 0.3 is 11.9 Å². The van der Waals surface area contributed by atoms with Crippen LogP contribution in [0.3, 0.4) is 0 Å². The van der Waals surface area contributed by atoms with Crippen molar-refractivity contribution >= 4 is 11.9 Å². The van der Waals surface area contributed by atoms with Gasteiger partial charge in [0, 0.05) is 17.5 Å². The molecule has 1 atom stereocenters. The molecule has 1 rings (SSSR count). The molecule has 0 fully saturated rings. The van der Waals surface area contributed by atoms with Crippen LogP contribution < -0.4 is 0 Å². The van der Waals surface area contributed by atoms with E-state index in [1.165, 1.54) is 6.07 Å². The number of alkyl halides is 2. The van der Waals surface area contributed by atoms with Crippen LogP contribution in [-0.2, 0) is 16.0 Å². The highest BCUT2D eigenvalue weighted by atomic mass is 19.3. The standard InChI is InChI=1S/C12H12F2O5/c13-11(14)7-3-1-6(2-4-9(15)16)5-8(7)10(17)12(18)19/h1,3,5,10-11,17H,2,4H2,(H,15,16)(H,18,19). The van der Waals surface area contributed by atoms with Crippen molar-refractivity contribution in [3.8, 4) is 0 Å². The molecule has 0 heterocycles. The molecule has 0 aliphatic rings. The van der Waals surface area contributed by atoms with Crippen LogP contribution in [0.15, 0.2) is 18.2 Å². The van der Waals surface area contributed by atoms with Gasteiger partial charge < -0.3 is 15.3 Å². The Balaban J connectivity index is 3.11. The van der Waals surface area contributed by atoms with E-state index in [0.717, 1.165) is 12.1 Å². The predicted octanol–water partition coefficient (Wildman–Crippen LogP) is 1.76. The minimum atomic E-state index is -2.92. The van der Waals surface area contributed by atoms with Gasteiger partial charge in [0.15, 0.2) is 6.10 Å². The van der Waals surface area contributed by atoms with Crippen molar-refractivity contribution in [2.24, 2.45) is 0 Å². The number of hydrogen-bond donors (Lipinski definition) is 3. The number of benzene rings is 1. The van der Waals surface area contributed by atoms with Gasteiger partial charge in [-0.05, 0) is 12.0 Å². The Labute approximate surface area is 107 Å². The summed E-state index contributed by atoms with van der Waals surface area (Å²) in [5.41, 5.74) is -0.610. The van der Waals surface area contributed by atoms with Crippen molar-refractivity contribution in [3.05, 3.63) is 34.9 Å². The summed E-state index contributed by atoms with van der Waals surface area (Å²) in [6.45, 7) is 0. The highest BCUT2D eigenvalue weighted by Gasteiger charge is 2.24. The average Bonchev–Trinajstić information content (AvgIpc) is 2.34. The van der Waals surface area contributed by atoms with Gasteiger partial charge in [0.05, 0.1) is 0 Å². The molecule has 19 heavy (non-hydrogen) atoms. The zero-order valence-electron chi connectivity index (χ0n) is 9.72. The summed E-state index contributed by atoms with van der Waals surface area (Å²) in [7, 11) is 0. The molecule has 1 unspecified atom stereocenters. The molecule has 0 saturated heterocycles. The lowest BCUT2D eigenvalue weighted by Gasteiger charge is -2.13. The molecule has 0 bridgehead atoms. The van der Waals surface area contributed by atoms with Gasteiger partial charge in [-0.25, -0.2) is 13.6 Å². The van der Waals surface area contributed by atoms with Crippen LogP contribution >= 0.6 is 0 Å². The third-order valence-electron chi connectivity index (χ3n) is 2.54. The van der Waals surface area contributed by atoms with E-state index in [9.17, 15) is 23.5 Å². The Morgan fingerprint density at radius 1 is 1.16 bits per heavy atom. The molecule has 7 heteroatoms. The summed E-state index contributed by atoms with van der Waals surface area (Å²) in [5, 5.41) is 26.6. The number of carboxylic acid groups (broad SMARTS) is 2. The minimum absolute atomic E-state index is 0.0676. The molecule has 0 saturated carbocycles. The van der Waals surface area contributed by atoms with E-state index in [1.807, 2.05) is 0 Å². The van der Waals surface area contributed by atoms with Crippen molar-refractivity contribution < 1.29 is 33.7 Å². The first-order valence-electron chi connectivity index (χ1n) is 5.36. The van der Waals surface area contributed by atoms with Gasteiger partial charge in [0.25, 0.3) is 6.43 Å². The molecule has 0 spiro atoms. The monoisotopic (exact) mass is 274 g/mol. The molecule has 104 valence electrons. The maximum Gasteiger partial charge on any atom is 0.337 e. The number of rotatable bonds is 6. The first kappa shape index (κ1) is 15.0. The number of carbonyl (C=O) groups is 2. The van der Waals surface area contributed by atoms with Gasteiger partial charge in [-0.1, -0.05) is 18.2 Å². The second kappa shape index (κ2) is 6.24. The number of aliphatic hydroxyl groups excluding tert-OH is 1. The maximum atomic E-state index is 12.7. The van der Waals surface area contributed by atoms with Crippen LogP contribution in [-0.4, -0.2) is 27.3 Å². The van der Waals surface area contributed by atoms with Crippen LogP contribution in [0.25, 0.3) is 0 Å². The minimum Gasteiger partial charge on any atom is -0.481 e. The third kappa shape index (κ3) is 3.99. The molecule has 0 amide bonds. The number of aliphatic hydroxyl groups is 1. The van der Waals surface area contributed by atoms with E-state index in [-0.39, 0.29) is 12.8 Å². The molecule has 0 aliphatic heterocycles. The molecule has 1 aromatic rings. The highest BCUT2D eigenvalue weighted by molar-refractivity contribution is 5.74. The zero-order valence-corrected chi connectivity index (χ0v) is 9.72. The van der Waals surface area contributed by atoms with Gasteiger partial charge in [0.1, 0.15) is 0 Å². The molecule has 3 N–H and O–H groups in total.